The van der Waals surface area contributed by atoms with E-state index in [1.54, 1.807) is 11.9 Å². The van der Waals surface area contributed by atoms with Crippen molar-refractivity contribution in [1.82, 2.24) is 0 Å². The summed E-state index contributed by atoms with van der Waals surface area (Å²) in [5, 5.41) is 8.82. The second-order valence-corrected chi connectivity index (χ2v) is 4.38. The second-order valence-electron chi connectivity index (χ2n) is 4.38. The lowest BCUT2D eigenvalue weighted by atomic mass is 9.98. The SMILES string of the molecule is CCCOc1ccc2c(c1)C(CC#N)C(=O)N2C. The summed E-state index contributed by atoms with van der Waals surface area (Å²) in [5.41, 5.74) is 1.78. The highest BCUT2D eigenvalue weighted by Crippen LogP contribution is 2.40. The minimum Gasteiger partial charge on any atom is -0.494 e. The van der Waals surface area contributed by atoms with Gasteiger partial charge in [-0.05, 0) is 30.2 Å². The Morgan fingerprint density at radius 1 is 1.50 bits per heavy atom. The van der Waals surface area contributed by atoms with Crippen LogP contribution in [0.5, 0.6) is 5.75 Å². The Kier molecular flexibility index (Phi) is 3.52. The summed E-state index contributed by atoms with van der Waals surface area (Å²) >= 11 is 0. The maximum absolute atomic E-state index is 12.0. The van der Waals surface area contributed by atoms with Crippen molar-refractivity contribution in [2.45, 2.75) is 25.7 Å². The molecule has 0 spiro atoms. The van der Waals surface area contributed by atoms with E-state index in [-0.39, 0.29) is 18.2 Å². The molecule has 1 unspecified atom stereocenters. The third-order valence-corrected chi connectivity index (χ3v) is 3.13. The highest BCUT2D eigenvalue weighted by molar-refractivity contribution is 6.04. The van der Waals surface area contributed by atoms with Gasteiger partial charge in [0.2, 0.25) is 5.91 Å². The molecule has 0 saturated heterocycles. The molecule has 1 aromatic rings. The van der Waals surface area contributed by atoms with Crippen LogP contribution in [0.15, 0.2) is 18.2 Å². The fourth-order valence-electron chi connectivity index (χ4n) is 2.20. The van der Waals surface area contributed by atoms with Gasteiger partial charge >= 0.3 is 0 Å². The number of rotatable bonds is 4. The van der Waals surface area contributed by atoms with Crippen LogP contribution in [0.4, 0.5) is 5.69 Å². The number of benzene rings is 1. The first-order chi connectivity index (χ1) is 8.69. The number of hydrogen-bond donors (Lipinski definition) is 0. The number of hydrogen-bond acceptors (Lipinski definition) is 3. The van der Waals surface area contributed by atoms with Gasteiger partial charge in [0.1, 0.15) is 5.75 Å². The van der Waals surface area contributed by atoms with Gasteiger partial charge in [0.05, 0.1) is 25.0 Å². The molecular formula is C14H16N2O2. The molecule has 0 aliphatic carbocycles. The topological polar surface area (TPSA) is 53.3 Å². The summed E-state index contributed by atoms with van der Waals surface area (Å²) in [6, 6.07) is 7.71. The molecule has 2 rings (SSSR count). The zero-order valence-electron chi connectivity index (χ0n) is 10.6. The van der Waals surface area contributed by atoms with Crippen LogP contribution in [0.25, 0.3) is 0 Å². The summed E-state index contributed by atoms with van der Waals surface area (Å²) in [6.07, 6.45) is 1.16. The maximum Gasteiger partial charge on any atom is 0.235 e. The molecule has 0 fully saturated rings. The van der Waals surface area contributed by atoms with Crippen LogP contribution in [-0.2, 0) is 4.79 Å². The van der Waals surface area contributed by atoms with Crippen LogP contribution in [0.2, 0.25) is 0 Å². The number of likely N-dealkylation sites (N-methyl/N-ethyl adjacent to an activating group) is 1. The Morgan fingerprint density at radius 2 is 2.28 bits per heavy atom. The molecule has 1 amide bonds. The average molecular weight is 244 g/mol. The molecule has 4 heteroatoms. The van der Waals surface area contributed by atoms with Gasteiger partial charge in [0.25, 0.3) is 0 Å². The van der Waals surface area contributed by atoms with E-state index in [9.17, 15) is 4.79 Å². The van der Waals surface area contributed by atoms with E-state index in [1.165, 1.54) is 0 Å². The molecule has 4 nitrogen and oxygen atoms in total. The molecule has 1 aliphatic heterocycles. The minimum atomic E-state index is -0.347. The van der Waals surface area contributed by atoms with Crippen molar-refractivity contribution < 1.29 is 9.53 Å². The van der Waals surface area contributed by atoms with Gasteiger partial charge < -0.3 is 9.64 Å². The highest BCUT2D eigenvalue weighted by Gasteiger charge is 2.35. The van der Waals surface area contributed by atoms with Crippen molar-refractivity contribution in [3.8, 4) is 11.8 Å². The van der Waals surface area contributed by atoms with Gasteiger partial charge in [-0.1, -0.05) is 6.92 Å². The molecule has 0 aromatic heterocycles. The van der Waals surface area contributed by atoms with E-state index >= 15 is 0 Å². The Morgan fingerprint density at radius 3 is 2.94 bits per heavy atom. The molecule has 0 radical (unpaired) electrons. The molecule has 0 bridgehead atoms. The largest absolute Gasteiger partial charge is 0.494 e. The predicted octanol–water partition coefficient (Wildman–Crippen LogP) is 2.45. The van der Waals surface area contributed by atoms with E-state index in [0.29, 0.717) is 6.61 Å². The van der Waals surface area contributed by atoms with Gasteiger partial charge in [0, 0.05) is 12.7 Å². The molecule has 1 atom stereocenters. The van der Waals surface area contributed by atoms with Gasteiger partial charge in [0.15, 0.2) is 0 Å². The third-order valence-electron chi connectivity index (χ3n) is 3.13. The number of ether oxygens (including phenoxy) is 1. The fraction of sp³-hybridized carbons (Fsp3) is 0.429. The zero-order valence-corrected chi connectivity index (χ0v) is 10.6. The molecule has 1 aliphatic rings. The number of carbonyl (C=O) groups is 1. The summed E-state index contributed by atoms with van der Waals surface area (Å²) in [4.78, 5) is 13.6. The number of carbonyl (C=O) groups excluding carboxylic acids is 1. The first-order valence-corrected chi connectivity index (χ1v) is 6.10. The second kappa shape index (κ2) is 5.09. The molecular weight excluding hydrogens is 228 g/mol. The first-order valence-electron chi connectivity index (χ1n) is 6.10. The Balaban J connectivity index is 2.33. The number of anilines is 1. The van der Waals surface area contributed by atoms with Crippen molar-refractivity contribution >= 4 is 11.6 Å². The molecule has 0 saturated carbocycles. The molecule has 1 heterocycles. The number of amides is 1. The van der Waals surface area contributed by atoms with Crippen LogP contribution in [0.3, 0.4) is 0 Å². The molecule has 0 N–H and O–H groups in total. The summed E-state index contributed by atoms with van der Waals surface area (Å²) in [6.45, 7) is 2.70. The smallest absolute Gasteiger partial charge is 0.235 e. The van der Waals surface area contributed by atoms with Crippen molar-refractivity contribution in [2.75, 3.05) is 18.6 Å². The van der Waals surface area contributed by atoms with Gasteiger partial charge in [-0.25, -0.2) is 0 Å². The van der Waals surface area contributed by atoms with Gasteiger partial charge in [-0.2, -0.15) is 5.26 Å². The monoisotopic (exact) mass is 244 g/mol. The maximum atomic E-state index is 12.0. The Labute approximate surface area is 107 Å². The Bertz CT molecular complexity index is 505. The van der Waals surface area contributed by atoms with E-state index in [2.05, 4.69) is 6.07 Å². The molecule has 94 valence electrons. The van der Waals surface area contributed by atoms with Gasteiger partial charge in [-0.15, -0.1) is 0 Å². The van der Waals surface area contributed by atoms with Gasteiger partial charge in [-0.3, -0.25) is 4.79 Å². The van der Waals surface area contributed by atoms with Crippen LogP contribution in [0, 0.1) is 11.3 Å². The number of nitrogens with zero attached hydrogens (tertiary/aromatic N) is 2. The summed E-state index contributed by atoms with van der Waals surface area (Å²) in [7, 11) is 1.74. The zero-order chi connectivity index (χ0) is 13.1. The van der Waals surface area contributed by atoms with Crippen LogP contribution in [-0.4, -0.2) is 19.6 Å². The summed E-state index contributed by atoms with van der Waals surface area (Å²) in [5.74, 6) is 0.404. The molecule has 1 aromatic carbocycles. The third kappa shape index (κ3) is 2.04. The molecule has 18 heavy (non-hydrogen) atoms. The van der Waals surface area contributed by atoms with Crippen LogP contribution < -0.4 is 9.64 Å². The van der Waals surface area contributed by atoms with Crippen molar-refractivity contribution in [1.29, 1.82) is 5.26 Å². The van der Waals surface area contributed by atoms with E-state index in [0.717, 1.165) is 23.4 Å². The predicted molar refractivity (Wildman–Crippen MR) is 68.6 cm³/mol. The number of nitriles is 1. The quantitative estimate of drug-likeness (QED) is 0.817. The van der Waals surface area contributed by atoms with Crippen LogP contribution >= 0.6 is 0 Å². The highest BCUT2D eigenvalue weighted by atomic mass is 16.5. The lowest BCUT2D eigenvalue weighted by Gasteiger charge is -2.10. The fourth-order valence-corrected chi connectivity index (χ4v) is 2.20. The van der Waals surface area contributed by atoms with E-state index in [4.69, 9.17) is 10.00 Å². The standard InChI is InChI=1S/C14H16N2O2/c1-3-8-18-10-4-5-13-12(9-10)11(6-7-15)14(17)16(13)2/h4-5,9,11H,3,6,8H2,1-2H3. The minimum absolute atomic E-state index is 0.0146. The summed E-state index contributed by atoms with van der Waals surface area (Å²) < 4.78 is 5.56. The Hall–Kier alpha value is -2.02. The average Bonchev–Trinajstić information content (AvgIpc) is 2.62. The van der Waals surface area contributed by atoms with Crippen molar-refractivity contribution in [2.24, 2.45) is 0 Å². The van der Waals surface area contributed by atoms with E-state index < -0.39 is 0 Å². The van der Waals surface area contributed by atoms with E-state index in [1.807, 2.05) is 25.1 Å². The van der Waals surface area contributed by atoms with Crippen LogP contribution in [0.1, 0.15) is 31.2 Å². The van der Waals surface area contributed by atoms with Crippen molar-refractivity contribution in [3.63, 3.8) is 0 Å². The van der Waals surface area contributed by atoms with Crippen molar-refractivity contribution in [3.05, 3.63) is 23.8 Å². The first kappa shape index (κ1) is 12.4. The lowest BCUT2D eigenvalue weighted by Crippen LogP contribution is -2.23. The normalized spacial score (nSPS) is 17.5. The number of fused-ring (bicyclic) bond motifs is 1. The lowest BCUT2D eigenvalue weighted by molar-refractivity contribution is -0.118.